The molecule has 0 radical (unpaired) electrons. The first kappa shape index (κ1) is 14.1. The van der Waals surface area contributed by atoms with Gasteiger partial charge in [0.1, 0.15) is 5.15 Å². The third kappa shape index (κ3) is 2.56. The van der Waals surface area contributed by atoms with Crippen LogP contribution in [0, 0.1) is 5.92 Å². The standard InChI is InChI=1S/C16H17ClN2O2/c1-2-6-11-9-12(11)19-15(20)13(14(17)18-16(19)21)10-7-4-3-5-8-10/h3-5,7-8,11-12H,2,6,9H2,1H3,(H,18,21). The van der Waals surface area contributed by atoms with Gasteiger partial charge in [0.15, 0.2) is 0 Å². The van der Waals surface area contributed by atoms with Gasteiger partial charge in [-0.15, -0.1) is 0 Å². The fourth-order valence-corrected chi connectivity index (χ4v) is 3.18. The van der Waals surface area contributed by atoms with Gasteiger partial charge in [-0.05, 0) is 24.3 Å². The number of H-pyrrole nitrogens is 1. The maximum atomic E-state index is 12.7. The van der Waals surface area contributed by atoms with Crippen molar-refractivity contribution in [1.82, 2.24) is 9.55 Å². The topological polar surface area (TPSA) is 54.9 Å². The molecule has 0 amide bonds. The Kier molecular flexibility index (Phi) is 3.72. The third-order valence-electron chi connectivity index (χ3n) is 4.03. The highest BCUT2D eigenvalue weighted by molar-refractivity contribution is 6.32. The van der Waals surface area contributed by atoms with Crippen LogP contribution in [-0.2, 0) is 0 Å². The summed E-state index contributed by atoms with van der Waals surface area (Å²) in [7, 11) is 0. The highest BCUT2D eigenvalue weighted by Gasteiger charge is 2.40. The summed E-state index contributed by atoms with van der Waals surface area (Å²) in [4.78, 5) is 27.4. The van der Waals surface area contributed by atoms with Crippen LogP contribution >= 0.6 is 11.6 Å². The highest BCUT2D eigenvalue weighted by Crippen LogP contribution is 2.45. The van der Waals surface area contributed by atoms with Crippen molar-refractivity contribution in [2.75, 3.05) is 0 Å². The first-order chi connectivity index (χ1) is 10.1. The number of hydrogen-bond acceptors (Lipinski definition) is 2. The number of nitrogens with one attached hydrogen (secondary N) is 1. The van der Waals surface area contributed by atoms with E-state index in [2.05, 4.69) is 11.9 Å². The van der Waals surface area contributed by atoms with E-state index in [-0.39, 0.29) is 16.8 Å². The van der Waals surface area contributed by atoms with E-state index in [1.165, 1.54) is 4.57 Å². The van der Waals surface area contributed by atoms with Crippen molar-refractivity contribution in [2.24, 2.45) is 5.92 Å². The van der Waals surface area contributed by atoms with Crippen molar-refractivity contribution in [3.63, 3.8) is 0 Å². The Labute approximate surface area is 127 Å². The zero-order chi connectivity index (χ0) is 15.0. The van der Waals surface area contributed by atoms with Gasteiger partial charge in [0.25, 0.3) is 5.56 Å². The summed E-state index contributed by atoms with van der Waals surface area (Å²) in [6.45, 7) is 2.11. The van der Waals surface area contributed by atoms with Gasteiger partial charge >= 0.3 is 5.69 Å². The van der Waals surface area contributed by atoms with Crippen molar-refractivity contribution in [3.05, 3.63) is 56.3 Å². The van der Waals surface area contributed by atoms with Crippen LogP contribution in [0.2, 0.25) is 5.15 Å². The maximum Gasteiger partial charge on any atom is 0.329 e. The van der Waals surface area contributed by atoms with E-state index in [1.807, 2.05) is 30.3 Å². The van der Waals surface area contributed by atoms with Crippen molar-refractivity contribution >= 4 is 11.6 Å². The van der Waals surface area contributed by atoms with E-state index < -0.39 is 5.69 Å². The average Bonchev–Trinajstić information content (AvgIpc) is 3.19. The van der Waals surface area contributed by atoms with Crippen LogP contribution in [0.4, 0.5) is 0 Å². The van der Waals surface area contributed by atoms with Gasteiger partial charge in [-0.1, -0.05) is 55.3 Å². The summed E-state index contributed by atoms with van der Waals surface area (Å²) in [6, 6.07) is 9.22. The Morgan fingerprint density at radius 2 is 2.00 bits per heavy atom. The first-order valence-electron chi connectivity index (χ1n) is 7.23. The highest BCUT2D eigenvalue weighted by atomic mass is 35.5. The van der Waals surface area contributed by atoms with Crippen LogP contribution in [0.3, 0.4) is 0 Å². The summed E-state index contributed by atoms with van der Waals surface area (Å²) < 4.78 is 1.34. The molecule has 0 bridgehead atoms. The fourth-order valence-electron chi connectivity index (χ4n) is 2.91. The molecule has 4 nitrogen and oxygen atoms in total. The molecule has 2 aromatic rings. The minimum absolute atomic E-state index is 0.0147. The molecule has 1 aliphatic rings. The quantitative estimate of drug-likeness (QED) is 0.882. The molecule has 0 aliphatic heterocycles. The normalized spacial score (nSPS) is 20.5. The molecule has 5 heteroatoms. The Bertz CT molecular complexity index is 764. The summed E-state index contributed by atoms with van der Waals surface area (Å²) >= 11 is 6.10. The van der Waals surface area contributed by atoms with E-state index in [4.69, 9.17) is 11.6 Å². The molecule has 3 rings (SSSR count). The molecule has 1 aliphatic carbocycles. The number of aromatic amines is 1. The van der Waals surface area contributed by atoms with Crippen LogP contribution in [0.25, 0.3) is 11.1 Å². The van der Waals surface area contributed by atoms with E-state index in [0.717, 1.165) is 24.8 Å². The predicted molar refractivity (Wildman–Crippen MR) is 83.8 cm³/mol. The Morgan fingerprint density at radius 1 is 1.29 bits per heavy atom. The first-order valence-corrected chi connectivity index (χ1v) is 7.61. The molecular weight excluding hydrogens is 288 g/mol. The molecule has 2 atom stereocenters. The van der Waals surface area contributed by atoms with Crippen molar-refractivity contribution in [2.45, 2.75) is 32.2 Å². The lowest BCUT2D eigenvalue weighted by molar-refractivity contribution is 0.572. The van der Waals surface area contributed by atoms with Gasteiger partial charge < -0.3 is 0 Å². The van der Waals surface area contributed by atoms with Crippen LogP contribution in [0.5, 0.6) is 0 Å². The smallest absolute Gasteiger partial charge is 0.297 e. The second-order valence-corrected chi connectivity index (χ2v) is 5.89. The van der Waals surface area contributed by atoms with E-state index in [1.54, 1.807) is 0 Å². The lowest BCUT2D eigenvalue weighted by Gasteiger charge is -2.09. The molecule has 0 saturated heterocycles. The minimum atomic E-state index is -0.409. The van der Waals surface area contributed by atoms with E-state index in [0.29, 0.717) is 11.5 Å². The summed E-state index contributed by atoms with van der Waals surface area (Å²) in [5.41, 5.74) is 0.399. The molecule has 2 unspecified atom stereocenters. The van der Waals surface area contributed by atoms with Crippen LogP contribution < -0.4 is 11.2 Å². The predicted octanol–water partition coefficient (Wildman–Crippen LogP) is 3.22. The molecule has 21 heavy (non-hydrogen) atoms. The Morgan fingerprint density at radius 3 is 2.67 bits per heavy atom. The minimum Gasteiger partial charge on any atom is -0.297 e. The summed E-state index contributed by atoms with van der Waals surface area (Å²) in [6.07, 6.45) is 3.00. The van der Waals surface area contributed by atoms with Crippen molar-refractivity contribution < 1.29 is 0 Å². The molecule has 0 spiro atoms. The largest absolute Gasteiger partial charge is 0.329 e. The summed E-state index contributed by atoms with van der Waals surface area (Å²) in [5.74, 6) is 0.429. The number of hydrogen-bond donors (Lipinski definition) is 1. The van der Waals surface area contributed by atoms with Gasteiger partial charge in [-0.3, -0.25) is 14.3 Å². The fraction of sp³-hybridized carbons (Fsp3) is 0.375. The average molecular weight is 305 g/mol. The van der Waals surface area contributed by atoms with Crippen molar-refractivity contribution in [1.29, 1.82) is 0 Å². The number of benzene rings is 1. The van der Waals surface area contributed by atoms with Crippen LogP contribution in [-0.4, -0.2) is 9.55 Å². The number of aromatic nitrogens is 2. The van der Waals surface area contributed by atoms with Gasteiger partial charge in [0.2, 0.25) is 0 Å². The zero-order valence-electron chi connectivity index (χ0n) is 11.8. The second-order valence-electron chi connectivity index (χ2n) is 5.51. The van der Waals surface area contributed by atoms with Crippen LogP contribution in [0.1, 0.15) is 32.2 Å². The van der Waals surface area contributed by atoms with Crippen LogP contribution in [0.15, 0.2) is 39.9 Å². The third-order valence-corrected chi connectivity index (χ3v) is 4.31. The van der Waals surface area contributed by atoms with Gasteiger partial charge in [-0.2, -0.15) is 0 Å². The summed E-state index contributed by atoms with van der Waals surface area (Å²) in [5, 5.41) is 0.111. The molecule has 1 saturated carbocycles. The zero-order valence-corrected chi connectivity index (χ0v) is 12.6. The van der Waals surface area contributed by atoms with E-state index in [9.17, 15) is 9.59 Å². The molecule has 1 aromatic heterocycles. The molecule has 1 N–H and O–H groups in total. The Balaban J connectivity index is 2.12. The molecule has 1 aromatic carbocycles. The van der Waals surface area contributed by atoms with E-state index >= 15 is 0 Å². The SMILES string of the molecule is CCCC1CC1n1c(=O)[nH]c(Cl)c(-c2ccccc2)c1=O. The van der Waals surface area contributed by atoms with Crippen molar-refractivity contribution in [3.8, 4) is 11.1 Å². The lowest BCUT2D eigenvalue weighted by Crippen LogP contribution is -2.36. The molecule has 1 heterocycles. The number of rotatable bonds is 4. The molecule has 1 fully saturated rings. The molecular formula is C16H17ClN2O2. The monoisotopic (exact) mass is 304 g/mol. The Hall–Kier alpha value is -1.81. The van der Waals surface area contributed by atoms with Gasteiger partial charge in [0, 0.05) is 6.04 Å². The van der Waals surface area contributed by atoms with Gasteiger partial charge in [-0.25, -0.2) is 4.79 Å². The number of halogens is 1. The second kappa shape index (κ2) is 5.53. The molecule has 110 valence electrons. The lowest BCUT2D eigenvalue weighted by atomic mass is 10.1. The number of nitrogens with zero attached hydrogens (tertiary/aromatic N) is 1. The van der Waals surface area contributed by atoms with Gasteiger partial charge in [0.05, 0.1) is 5.56 Å². The maximum absolute atomic E-state index is 12.7.